The smallest absolute Gasteiger partial charge is 0.259 e. The number of hydrogen-bond acceptors (Lipinski definition) is 4. The van der Waals surface area contributed by atoms with Gasteiger partial charge in [-0.1, -0.05) is 23.2 Å². The summed E-state index contributed by atoms with van der Waals surface area (Å²) in [6, 6.07) is 4.59. The minimum Gasteiger partial charge on any atom is -0.305 e. The number of nitrogens with zero attached hydrogens (tertiary/aromatic N) is 3. The Balaban J connectivity index is 2.17. The number of anilines is 1. The molecule has 2 heterocycles. The molecule has 0 bridgehead atoms. The second kappa shape index (κ2) is 5.07. The first-order chi connectivity index (χ1) is 8.16. The van der Waals surface area contributed by atoms with Gasteiger partial charge in [-0.25, -0.2) is 0 Å². The van der Waals surface area contributed by atoms with Crippen LogP contribution in [0.25, 0.3) is 0 Å². The third-order valence-electron chi connectivity index (χ3n) is 1.89. The summed E-state index contributed by atoms with van der Waals surface area (Å²) in [7, 11) is 0. The lowest BCUT2D eigenvalue weighted by Crippen LogP contribution is -2.14. The van der Waals surface area contributed by atoms with Crippen molar-refractivity contribution >= 4 is 34.9 Å². The Morgan fingerprint density at radius 2 is 2.00 bits per heavy atom. The van der Waals surface area contributed by atoms with Crippen LogP contribution in [-0.2, 0) is 0 Å². The van der Waals surface area contributed by atoms with Gasteiger partial charge in [-0.3, -0.25) is 9.78 Å². The zero-order valence-corrected chi connectivity index (χ0v) is 9.90. The molecule has 0 saturated heterocycles. The van der Waals surface area contributed by atoms with Crippen LogP contribution in [0.2, 0.25) is 10.2 Å². The van der Waals surface area contributed by atoms with Gasteiger partial charge >= 0.3 is 0 Å². The molecule has 1 N–H and O–H groups in total. The molecule has 0 aromatic carbocycles. The Morgan fingerprint density at radius 3 is 2.65 bits per heavy atom. The zero-order valence-electron chi connectivity index (χ0n) is 8.39. The highest BCUT2D eigenvalue weighted by atomic mass is 35.5. The van der Waals surface area contributed by atoms with E-state index in [-0.39, 0.29) is 10.7 Å². The minimum atomic E-state index is -0.403. The molecule has 0 aliphatic rings. The SMILES string of the molecule is O=C(Nc1ccc(Cl)nn1)c1cnccc1Cl. The molecule has 0 spiro atoms. The van der Waals surface area contributed by atoms with Crippen LogP contribution >= 0.6 is 23.2 Å². The predicted molar refractivity (Wildman–Crippen MR) is 64.2 cm³/mol. The lowest BCUT2D eigenvalue weighted by molar-refractivity contribution is 0.102. The molecule has 86 valence electrons. The van der Waals surface area contributed by atoms with E-state index in [1.807, 2.05) is 0 Å². The van der Waals surface area contributed by atoms with Gasteiger partial charge in [-0.2, -0.15) is 0 Å². The summed E-state index contributed by atoms with van der Waals surface area (Å²) in [4.78, 5) is 15.6. The van der Waals surface area contributed by atoms with Gasteiger partial charge in [-0.15, -0.1) is 10.2 Å². The van der Waals surface area contributed by atoms with Crippen molar-refractivity contribution < 1.29 is 4.79 Å². The Morgan fingerprint density at radius 1 is 1.18 bits per heavy atom. The molecule has 17 heavy (non-hydrogen) atoms. The third-order valence-corrected chi connectivity index (χ3v) is 2.42. The van der Waals surface area contributed by atoms with E-state index in [1.54, 1.807) is 0 Å². The molecule has 1 amide bonds. The van der Waals surface area contributed by atoms with Crippen LogP contribution in [0, 0.1) is 0 Å². The summed E-state index contributed by atoms with van der Waals surface area (Å²) < 4.78 is 0. The van der Waals surface area contributed by atoms with E-state index in [0.29, 0.717) is 10.8 Å². The van der Waals surface area contributed by atoms with Gasteiger partial charge in [0, 0.05) is 12.4 Å². The van der Waals surface area contributed by atoms with Crippen molar-refractivity contribution in [3.05, 3.63) is 46.3 Å². The predicted octanol–water partition coefficient (Wildman–Crippen LogP) is 2.43. The number of carbonyl (C=O) groups excluding carboxylic acids is 1. The third kappa shape index (κ3) is 2.89. The quantitative estimate of drug-likeness (QED) is 0.909. The van der Waals surface area contributed by atoms with Crippen LogP contribution < -0.4 is 5.32 Å². The van der Waals surface area contributed by atoms with Crippen molar-refractivity contribution in [1.82, 2.24) is 15.2 Å². The molecule has 0 aliphatic heterocycles. The summed E-state index contributed by atoms with van der Waals surface area (Å²) in [5, 5.41) is 10.4. The number of hydrogen-bond donors (Lipinski definition) is 1. The van der Waals surface area contributed by atoms with Gasteiger partial charge in [0.1, 0.15) is 0 Å². The number of halogens is 2. The van der Waals surface area contributed by atoms with Crippen molar-refractivity contribution in [2.45, 2.75) is 0 Å². The minimum absolute atomic E-state index is 0.252. The van der Waals surface area contributed by atoms with E-state index in [2.05, 4.69) is 20.5 Å². The topological polar surface area (TPSA) is 67.8 Å². The van der Waals surface area contributed by atoms with Crippen LogP contribution in [0.15, 0.2) is 30.6 Å². The van der Waals surface area contributed by atoms with Crippen LogP contribution in [0.3, 0.4) is 0 Å². The summed E-state index contributed by atoms with van der Waals surface area (Å²) >= 11 is 11.4. The summed E-state index contributed by atoms with van der Waals surface area (Å²) in [6.45, 7) is 0. The Bertz CT molecular complexity index is 544. The van der Waals surface area contributed by atoms with Crippen LogP contribution in [-0.4, -0.2) is 21.1 Å². The maximum atomic E-state index is 11.8. The first-order valence-corrected chi connectivity index (χ1v) is 5.32. The molecule has 0 atom stereocenters. The molecule has 0 radical (unpaired) electrons. The molecule has 2 rings (SSSR count). The molecular weight excluding hydrogens is 263 g/mol. The first-order valence-electron chi connectivity index (χ1n) is 4.57. The number of pyridine rings is 1. The maximum Gasteiger partial charge on any atom is 0.259 e. The number of carbonyl (C=O) groups is 1. The molecule has 7 heteroatoms. The first kappa shape index (κ1) is 11.8. The molecule has 2 aromatic heterocycles. The second-order valence-electron chi connectivity index (χ2n) is 3.05. The molecule has 0 fully saturated rings. The average molecular weight is 269 g/mol. The molecule has 2 aromatic rings. The van der Waals surface area contributed by atoms with Gasteiger partial charge in [0.25, 0.3) is 5.91 Å². The van der Waals surface area contributed by atoms with Gasteiger partial charge in [0.2, 0.25) is 0 Å². The van der Waals surface area contributed by atoms with Crippen molar-refractivity contribution in [2.75, 3.05) is 5.32 Å². The zero-order chi connectivity index (χ0) is 12.3. The highest BCUT2D eigenvalue weighted by Gasteiger charge is 2.11. The van der Waals surface area contributed by atoms with E-state index in [9.17, 15) is 4.79 Å². The molecule has 0 aliphatic carbocycles. The lowest BCUT2D eigenvalue weighted by Gasteiger charge is -2.04. The summed E-state index contributed by atoms with van der Waals surface area (Å²) in [6.07, 6.45) is 2.88. The maximum absolute atomic E-state index is 11.8. The van der Waals surface area contributed by atoms with Crippen molar-refractivity contribution in [2.24, 2.45) is 0 Å². The Hall–Kier alpha value is -1.72. The fourth-order valence-corrected chi connectivity index (χ4v) is 1.40. The van der Waals surface area contributed by atoms with Crippen LogP contribution in [0.1, 0.15) is 10.4 Å². The molecule has 0 unspecified atom stereocenters. The number of amides is 1. The van der Waals surface area contributed by atoms with Crippen LogP contribution in [0.4, 0.5) is 5.82 Å². The number of rotatable bonds is 2. The van der Waals surface area contributed by atoms with Crippen LogP contribution in [0.5, 0.6) is 0 Å². The highest BCUT2D eigenvalue weighted by Crippen LogP contribution is 2.15. The largest absolute Gasteiger partial charge is 0.305 e. The second-order valence-corrected chi connectivity index (χ2v) is 3.85. The van der Waals surface area contributed by atoms with Crippen molar-refractivity contribution in [1.29, 1.82) is 0 Å². The molecule has 0 saturated carbocycles. The lowest BCUT2D eigenvalue weighted by atomic mass is 10.2. The van der Waals surface area contributed by atoms with Crippen molar-refractivity contribution in [3.63, 3.8) is 0 Å². The highest BCUT2D eigenvalue weighted by molar-refractivity contribution is 6.34. The molecule has 5 nitrogen and oxygen atoms in total. The van der Waals surface area contributed by atoms with E-state index >= 15 is 0 Å². The van der Waals surface area contributed by atoms with Gasteiger partial charge in [0.15, 0.2) is 11.0 Å². The monoisotopic (exact) mass is 268 g/mol. The fourth-order valence-electron chi connectivity index (χ4n) is 1.11. The Labute approximate surface area is 107 Å². The van der Waals surface area contributed by atoms with E-state index in [0.717, 1.165) is 0 Å². The van der Waals surface area contributed by atoms with Crippen molar-refractivity contribution in [3.8, 4) is 0 Å². The van der Waals surface area contributed by atoms with Gasteiger partial charge in [-0.05, 0) is 18.2 Å². The van der Waals surface area contributed by atoms with E-state index in [4.69, 9.17) is 23.2 Å². The van der Waals surface area contributed by atoms with Gasteiger partial charge in [0.05, 0.1) is 10.6 Å². The summed E-state index contributed by atoms with van der Waals surface area (Å²) in [5.41, 5.74) is 0.269. The Kier molecular flexibility index (Phi) is 3.51. The molecular formula is C10H6Cl2N4O. The van der Waals surface area contributed by atoms with E-state index in [1.165, 1.54) is 30.6 Å². The van der Waals surface area contributed by atoms with Gasteiger partial charge < -0.3 is 5.32 Å². The fraction of sp³-hybridized carbons (Fsp3) is 0. The summed E-state index contributed by atoms with van der Waals surface area (Å²) in [5.74, 6) is -0.112. The standard InChI is InChI=1S/C10H6Cl2N4O/c11-7-3-4-13-5-6(7)10(17)14-9-2-1-8(12)15-16-9/h1-5H,(H,14,16,17). The van der Waals surface area contributed by atoms with E-state index < -0.39 is 5.91 Å². The normalized spacial score (nSPS) is 10.0. The number of nitrogens with one attached hydrogen (secondary N) is 1. The average Bonchev–Trinajstić information content (AvgIpc) is 2.32. The number of aromatic nitrogens is 3.